The Kier molecular flexibility index (Phi) is 17.4. The van der Waals surface area contributed by atoms with Gasteiger partial charge in [-0.1, -0.05) is 346 Å². The average Bonchev–Trinajstić information content (AvgIpc) is 1.36. The topological polar surface area (TPSA) is 97.6 Å². The second-order valence-corrected chi connectivity index (χ2v) is 40.4. The molecule has 0 aliphatic carbocycles. The summed E-state index contributed by atoms with van der Waals surface area (Å²) in [5.74, 6) is 0.571. The first-order chi connectivity index (χ1) is 63.5. The van der Waals surface area contributed by atoms with Crippen molar-refractivity contribution in [2.75, 3.05) is 0 Å². The number of fused-ring (bicyclic) bond motifs is 18. The van der Waals surface area contributed by atoms with E-state index in [4.69, 9.17) is 28.8 Å². The van der Waals surface area contributed by atoms with Gasteiger partial charge in [0.15, 0.2) is 8.07 Å². The summed E-state index contributed by atoms with van der Waals surface area (Å²) < 4.78 is 23.1. The summed E-state index contributed by atoms with van der Waals surface area (Å²) in [5.41, 5.74) is 20.7. The lowest BCUT2D eigenvalue weighted by atomic mass is 10.1. The molecule has 10 nitrogen and oxygen atoms in total. The van der Waals surface area contributed by atoms with Crippen LogP contribution >= 0.6 is 0 Å². The molecule has 0 atom stereocenters. The summed E-state index contributed by atoms with van der Waals surface area (Å²) in [5, 5.41) is 22.6. The molecular formula is C116H76N8O2Si2. The number of nitrogens with zero attached hydrogens (tertiary/aromatic N) is 8. The van der Waals surface area contributed by atoms with E-state index in [-0.39, 0.29) is 0 Å². The maximum Gasteiger partial charge on any atom is 0.237 e. The minimum atomic E-state index is -3.28. The van der Waals surface area contributed by atoms with Crippen LogP contribution in [0, 0.1) is 0 Å². The maximum atomic E-state index is 6.89. The fourth-order valence-corrected chi connectivity index (χ4v) is 30.2. The van der Waals surface area contributed by atoms with Gasteiger partial charge in [-0.2, -0.15) is 0 Å². The smallest absolute Gasteiger partial charge is 0.237 e. The van der Waals surface area contributed by atoms with Crippen LogP contribution in [0.15, 0.2) is 470 Å². The molecule has 0 radical (unpaired) electrons. The van der Waals surface area contributed by atoms with Gasteiger partial charge in [-0.05, 0) is 140 Å². The SMILES string of the molecule is c1ccc([Si](c2ccccc2)(c2cccc(-c3cccc(-c4cccc(-n5c6ccccc6c6cc(-n7c8ccccc8c8ccccc87)ccc65)c4)n3)c2)c2cccc3c2oc2ccccc23)cc1.c1ccc([Si](c2ccccc2)(c2ncnc(-n3c4ccccc4c4cc(-n5c6ccccc6c6ccccc65)ccc43)n2)c2cccc3c2oc2ccccc23)cc1. The number of benzene rings is 18. The highest BCUT2D eigenvalue weighted by Crippen LogP contribution is 2.42. The lowest BCUT2D eigenvalue weighted by molar-refractivity contribution is 0.671. The lowest BCUT2D eigenvalue weighted by Gasteiger charge is -2.34. The van der Waals surface area contributed by atoms with Crippen LogP contribution in [-0.4, -0.2) is 54.4 Å². The molecule has 0 aliphatic heterocycles. The van der Waals surface area contributed by atoms with Gasteiger partial charge in [0.1, 0.15) is 34.1 Å². The van der Waals surface area contributed by atoms with Gasteiger partial charge >= 0.3 is 0 Å². The van der Waals surface area contributed by atoms with Crippen molar-refractivity contribution in [2.24, 2.45) is 0 Å². The highest BCUT2D eigenvalue weighted by atomic mass is 28.3. The Bertz CT molecular complexity index is 8690. The van der Waals surface area contributed by atoms with Crippen molar-refractivity contribution in [3.63, 3.8) is 0 Å². The van der Waals surface area contributed by atoms with E-state index >= 15 is 0 Å². The molecule has 0 bridgehead atoms. The van der Waals surface area contributed by atoms with Crippen molar-refractivity contribution in [1.29, 1.82) is 0 Å². The largest absolute Gasteiger partial charge is 0.456 e. The van der Waals surface area contributed by atoms with Gasteiger partial charge in [0.05, 0.1) is 55.5 Å². The number of rotatable bonds is 14. The molecule has 8 aromatic heterocycles. The first kappa shape index (κ1) is 74.0. The summed E-state index contributed by atoms with van der Waals surface area (Å²) in [7, 11) is -6.30. The van der Waals surface area contributed by atoms with Crippen LogP contribution in [0.25, 0.3) is 177 Å². The van der Waals surface area contributed by atoms with Crippen molar-refractivity contribution in [3.8, 4) is 45.5 Å². The number of aromatic nitrogens is 8. The summed E-state index contributed by atoms with van der Waals surface area (Å²) in [4.78, 5) is 21.2. The number of furan rings is 2. The summed E-state index contributed by atoms with van der Waals surface area (Å²) in [6.07, 6.45) is 1.69. The number of para-hydroxylation sites is 10. The fourth-order valence-electron chi connectivity index (χ4n) is 20.8. The molecule has 0 saturated carbocycles. The van der Waals surface area contributed by atoms with Crippen LogP contribution in [-0.2, 0) is 0 Å². The van der Waals surface area contributed by atoms with E-state index in [1.807, 2.05) is 12.1 Å². The zero-order valence-corrected chi connectivity index (χ0v) is 71.3. The standard InChI is InChI=1S/C65H43N3OSi.C51H33N5OSi/c1-3-22-48(23-4-1)70(49-24-5-2-6-25-49,64-38-17-31-55-54-30-10-14-37-63(54)69-65(55)64)50-26-16-20-45(42-50)58-33-18-32-57(66-58)44-19-15-21-46(41-44)67-61-36-13-9-29-53(61)56-43-47(39-40-62(56)67)68-59-34-11-7-27-51(59)52-28-8-12-35-60(52)68;1-3-16-35(17-4-1)58(36-18-5-2-6-19-36,48-29-15-24-41-40-23-10-14-28-47(40)57-49(41)48)51-53-33-52-50(54-51)56-45-27-13-9-22-39(45)42-32-34(30-31-46(42)56)55-43-25-11-7-20-37(43)38-21-8-12-26-44(38)55/h1-43H;1-33H. The molecular weight excluding hydrogens is 1590 g/mol. The van der Waals surface area contributed by atoms with Crippen LogP contribution in [0.3, 0.4) is 0 Å². The zero-order valence-electron chi connectivity index (χ0n) is 69.3. The monoisotopic (exact) mass is 1670 g/mol. The van der Waals surface area contributed by atoms with Gasteiger partial charge in [0.25, 0.3) is 0 Å². The molecule has 0 aliphatic rings. The molecule has 26 aromatic rings. The van der Waals surface area contributed by atoms with Crippen LogP contribution in [0.5, 0.6) is 0 Å². The maximum absolute atomic E-state index is 6.89. The van der Waals surface area contributed by atoms with Gasteiger partial charge in [-0.25, -0.2) is 19.9 Å². The minimum absolute atomic E-state index is 0.571. The van der Waals surface area contributed by atoms with E-state index in [9.17, 15) is 0 Å². The van der Waals surface area contributed by atoms with Gasteiger partial charge in [0.2, 0.25) is 14.0 Å². The average molecular weight is 1670 g/mol. The van der Waals surface area contributed by atoms with Crippen LogP contribution < -0.4 is 41.8 Å². The van der Waals surface area contributed by atoms with Gasteiger partial charge < -0.3 is 22.5 Å². The summed E-state index contributed by atoms with van der Waals surface area (Å²) >= 11 is 0. The fraction of sp³-hybridized carbons (Fsp3) is 0. The summed E-state index contributed by atoms with van der Waals surface area (Å²) in [6.45, 7) is 0. The summed E-state index contributed by atoms with van der Waals surface area (Å²) in [6, 6.07) is 164. The highest BCUT2D eigenvalue weighted by molar-refractivity contribution is 7.21. The van der Waals surface area contributed by atoms with Crippen molar-refractivity contribution in [2.45, 2.75) is 0 Å². The molecule has 0 saturated heterocycles. The Hall–Kier alpha value is -16.6. The van der Waals surface area contributed by atoms with Crippen LogP contribution in [0.4, 0.5) is 0 Å². The van der Waals surface area contributed by atoms with Gasteiger partial charge in [-0.3, -0.25) is 4.57 Å². The zero-order chi connectivity index (χ0) is 84.4. The van der Waals surface area contributed by atoms with Crippen molar-refractivity contribution in [3.05, 3.63) is 461 Å². The van der Waals surface area contributed by atoms with E-state index in [2.05, 4.69) is 461 Å². The van der Waals surface area contributed by atoms with E-state index in [1.165, 1.54) is 75.1 Å². The first-order valence-corrected chi connectivity index (χ1v) is 47.5. The van der Waals surface area contributed by atoms with E-state index in [0.29, 0.717) is 5.95 Å². The molecule has 600 valence electrons. The lowest BCUT2D eigenvalue weighted by Crippen LogP contribution is -2.76. The molecule has 0 amide bonds. The Morgan fingerprint density at radius 3 is 0.977 bits per heavy atom. The molecule has 18 aromatic carbocycles. The molecule has 0 spiro atoms. The Morgan fingerprint density at radius 2 is 0.523 bits per heavy atom. The molecule has 0 fully saturated rings. The van der Waals surface area contributed by atoms with Crippen molar-refractivity contribution >= 4 is 189 Å². The molecule has 128 heavy (non-hydrogen) atoms. The second-order valence-electron chi connectivity index (χ2n) is 33.0. The Balaban J connectivity index is 0.000000141. The minimum Gasteiger partial charge on any atom is -0.456 e. The third kappa shape index (κ3) is 11.6. The molecule has 26 rings (SSSR count). The predicted molar refractivity (Wildman–Crippen MR) is 534 cm³/mol. The van der Waals surface area contributed by atoms with E-state index in [0.717, 1.165) is 137 Å². The third-order valence-electron chi connectivity index (χ3n) is 26.3. The first-order valence-electron chi connectivity index (χ1n) is 43.5. The molecule has 8 heterocycles. The number of pyridine rings is 1. The van der Waals surface area contributed by atoms with E-state index < -0.39 is 16.1 Å². The Morgan fingerprint density at radius 1 is 0.203 bits per heavy atom. The normalized spacial score (nSPS) is 12.1. The number of hydrogen-bond donors (Lipinski definition) is 0. The third-order valence-corrected chi connectivity index (χ3v) is 35.6. The second kappa shape index (κ2) is 30.1. The van der Waals surface area contributed by atoms with Crippen LogP contribution in [0.2, 0.25) is 0 Å². The quantitative estimate of drug-likeness (QED) is 0.0795. The van der Waals surface area contributed by atoms with Gasteiger partial charge in [0, 0.05) is 98.0 Å². The number of hydrogen-bond acceptors (Lipinski definition) is 6. The Labute approximate surface area is 737 Å². The molecule has 0 N–H and O–H groups in total. The van der Waals surface area contributed by atoms with Gasteiger partial charge in [-0.15, -0.1) is 0 Å². The predicted octanol–water partition coefficient (Wildman–Crippen LogP) is 23.2. The van der Waals surface area contributed by atoms with Crippen molar-refractivity contribution in [1.82, 2.24) is 38.2 Å². The molecule has 12 heteroatoms. The van der Waals surface area contributed by atoms with E-state index in [1.54, 1.807) is 6.33 Å². The highest BCUT2D eigenvalue weighted by Gasteiger charge is 2.48. The van der Waals surface area contributed by atoms with Crippen LogP contribution in [0.1, 0.15) is 0 Å². The molecule has 0 unspecified atom stereocenters. The van der Waals surface area contributed by atoms with Crippen molar-refractivity contribution < 1.29 is 8.83 Å².